The first-order valence-corrected chi connectivity index (χ1v) is 11.0. The van der Waals surface area contributed by atoms with Crippen LogP contribution in [-0.4, -0.2) is 62.0 Å². The highest BCUT2D eigenvalue weighted by Crippen LogP contribution is 2.36. The molecule has 4 aromatic rings. The van der Waals surface area contributed by atoms with Crippen molar-refractivity contribution in [2.24, 2.45) is 7.05 Å². The summed E-state index contributed by atoms with van der Waals surface area (Å²) in [6, 6.07) is 8.08. The smallest absolute Gasteiger partial charge is 0.161 e. The quantitative estimate of drug-likeness (QED) is 0.528. The number of fused-ring (bicyclic) bond motifs is 2. The average molecular weight is 435 g/mol. The van der Waals surface area contributed by atoms with E-state index in [1.165, 1.54) is 25.9 Å². The number of nitrogens with zero attached hydrogens (tertiary/aromatic N) is 6. The third kappa shape index (κ3) is 3.20. The molecule has 1 atom stereocenters. The molecule has 158 valence electrons. The molecule has 1 aromatic carbocycles. The molecular formula is C23H23ClN6O. The lowest BCUT2D eigenvalue weighted by Gasteiger charge is -2.36. The fourth-order valence-electron chi connectivity index (χ4n) is 4.74. The molecule has 0 saturated carbocycles. The van der Waals surface area contributed by atoms with Crippen LogP contribution in [-0.2, 0) is 7.05 Å². The first-order valence-electron chi connectivity index (χ1n) is 10.7. The van der Waals surface area contributed by atoms with Gasteiger partial charge in [-0.2, -0.15) is 5.10 Å². The van der Waals surface area contributed by atoms with Gasteiger partial charge in [-0.25, -0.2) is 9.97 Å². The number of aromatic hydroxyl groups is 1. The summed E-state index contributed by atoms with van der Waals surface area (Å²) < 4.78 is 1.72. The zero-order valence-corrected chi connectivity index (χ0v) is 18.0. The number of pyridine rings is 2. The summed E-state index contributed by atoms with van der Waals surface area (Å²) in [5, 5.41) is 17.2. The van der Waals surface area contributed by atoms with Crippen molar-refractivity contribution in [1.29, 1.82) is 0 Å². The van der Waals surface area contributed by atoms with Crippen LogP contribution < -0.4 is 4.90 Å². The minimum atomic E-state index is 0.125. The first-order chi connectivity index (χ1) is 15.0. The Balaban J connectivity index is 1.35. The van der Waals surface area contributed by atoms with Gasteiger partial charge in [0.2, 0.25) is 0 Å². The Hall–Kier alpha value is -2.90. The van der Waals surface area contributed by atoms with Gasteiger partial charge in [0.05, 0.1) is 28.1 Å². The van der Waals surface area contributed by atoms with E-state index in [4.69, 9.17) is 16.6 Å². The summed E-state index contributed by atoms with van der Waals surface area (Å²) in [5.74, 6) is 0.125. The lowest BCUT2D eigenvalue weighted by molar-refractivity contribution is 0.129. The van der Waals surface area contributed by atoms with Gasteiger partial charge in [0, 0.05) is 54.8 Å². The van der Waals surface area contributed by atoms with Crippen molar-refractivity contribution >= 4 is 39.2 Å². The van der Waals surface area contributed by atoms with E-state index < -0.39 is 0 Å². The largest absolute Gasteiger partial charge is 0.507 e. The molecule has 1 unspecified atom stereocenters. The molecule has 5 heterocycles. The zero-order valence-electron chi connectivity index (χ0n) is 17.3. The predicted octanol–water partition coefficient (Wildman–Crippen LogP) is 3.83. The molecule has 0 aliphatic carbocycles. The van der Waals surface area contributed by atoms with E-state index in [-0.39, 0.29) is 5.75 Å². The van der Waals surface area contributed by atoms with Crippen molar-refractivity contribution < 1.29 is 5.11 Å². The normalized spacial score (nSPS) is 19.4. The molecule has 31 heavy (non-hydrogen) atoms. The number of aryl methyl sites for hydroxylation is 1. The van der Waals surface area contributed by atoms with Crippen molar-refractivity contribution in [3.05, 3.63) is 41.7 Å². The maximum Gasteiger partial charge on any atom is 0.161 e. The molecule has 8 heteroatoms. The number of hydrogen-bond donors (Lipinski definition) is 1. The van der Waals surface area contributed by atoms with Gasteiger partial charge >= 0.3 is 0 Å². The second-order valence-corrected chi connectivity index (χ2v) is 8.97. The van der Waals surface area contributed by atoms with Crippen LogP contribution in [0.5, 0.6) is 5.75 Å². The number of likely N-dealkylation sites (tertiary alicyclic amines) is 1. The molecule has 0 bridgehead atoms. The first kappa shape index (κ1) is 18.8. The van der Waals surface area contributed by atoms with E-state index in [9.17, 15) is 5.11 Å². The van der Waals surface area contributed by atoms with E-state index in [2.05, 4.69) is 25.9 Å². The monoisotopic (exact) mass is 434 g/mol. The van der Waals surface area contributed by atoms with Crippen molar-refractivity contribution in [2.75, 3.05) is 31.1 Å². The van der Waals surface area contributed by atoms with Crippen LogP contribution in [0, 0.1) is 0 Å². The molecule has 0 spiro atoms. The molecule has 0 amide bonds. The van der Waals surface area contributed by atoms with E-state index >= 15 is 0 Å². The van der Waals surface area contributed by atoms with Crippen LogP contribution in [0.1, 0.15) is 12.8 Å². The van der Waals surface area contributed by atoms with E-state index in [1.807, 2.05) is 25.5 Å². The number of halogens is 1. The maximum absolute atomic E-state index is 10.6. The van der Waals surface area contributed by atoms with Gasteiger partial charge in [0.15, 0.2) is 5.65 Å². The topological polar surface area (TPSA) is 70.3 Å². The average Bonchev–Trinajstić information content (AvgIpc) is 3.31. The second kappa shape index (κ2) is 7.07. The lowest BCUT2D eigenvalue weighted by atomic mass is 10.1. The molecule has 2 saturated heterocycles. The Morgan fingerprint density at radius 2 is 2.00 bits per heavy atom. The third-order valence-corrected chi connectivity index (χ3v) is 6.86. The van der Waals surface area contributed by atoms with Crippen LogP contribution in [0.4, 0.5) is 5.69 Å². The fourth-order valence-corrected chi connectivity index (χ4v) is 4.98. The second-order valence-electron chi connectivity index (χ2n) is 8.56. The number of benzene rings is 1. The number of phenolic OH excluding ortho intramolecular Hbond substituents is 1. The van der Waals surface area contributed by atoms with E-state index in [0.717, 1.165) is 35.1 Å². The van der Waals surface area contributed by atoms with Crippen molar-refractivity contribution in [1.82, 2.24) is 24.6 Å². The van der Waals surface area contributed by atoms with Gasteiger partial charge in [-0.15, -0.1) is 0 Å². The number of hydrogen-bond acceptors (Lipinski definition) is 6. The molecule has 2 fully saturated rings. The van der Waals surface area contributed by atoms with E-state index in [0.29, 0.717) is 28.0 Å². The predicted molar refractivity (Wildman–Crippen MR) is 123 cm³/mol. The van der Waals surface area contributed by atoms with Crippen LogP contribution in [0.3, 0.4) is 0 Å². The lowest BCUT2D eigenvalue weighted by Crippen LogP contribution is -2.46. The van der Waals surface area contributed by atoms with Crippen molar-refractivity contribution in [2.45, 2.75) is 18.9 Å². The molecule has 0 radical (unpaired) electrons. The van der Waals surface area contributed by atoms with Crippen LogP contribution >= 0.6 is 11.6 Å². The minimum Gasteiger partial charge on any atom is -0.507 e. The molecule has 2 aliphatic heterocycles. The highest BCUT2D eigenvalue weighted by Gasteiger charge is 2.31. The molecule has 7 nitrogen and oxygen atoms in total. The number of anilines is 1. The molecule has 3 aromatic heterocycles. The van der Waals surface area contributed by atoms with Crippen LogP contribution in [0.25, 0.3) is 33.2 Å². The zero-order chi connectivity index (χ0) is 21.1. The summed E-state index contributed by atoms with van der Waals surface area (Å²) in [5.41, 5.74) is 3.62. The van der Waals surface area contributed by atoms with Gasteiger partial charge in [-0.3, -0.25) is 9.58 Å². The number of phenols is 1. The minimum absolute atomic E-state index is 0.125. The molecule has 1 N–H and O–H groups in total. The highest BCUT2D eigenvalue weighted by molar-refractivity contribution is 6.35. The van der Waals surface area contributed by atoms with Crippen molar-refractivity contribution in [3.63, 3.8) is 0 Å². The Labute approximate surface area is 184 Å². The third-order valence-electron chi connectivity index (χ3n) is 6.55. The fraction of sp³-hybridized carbons (Fsp3) is 0.348. The molecular weight excluding hydrogens is 412 g/mol. The molecule has 2 aliphatic rings. The van der Waals surface area contributed by atoms with Gasteiger partial charge in [-0.1, -0.05) is 11.6 Å². The summed E-state index contributed by atoms with van der Waals surface area (Å²) in [4.78, 5) is 14.3. The Morgan fingerprint density at radius 3 is 2.81 bits per heavy atom. The van der Waals surface area contributed by atoms with Gasteiger partial charge in [0.25, 0.3) is 0 Å². The van der Waals surface area contributed by atoms with Crippen LogP contribution in [0.15, 0.2) is 36.7 Å². The highest BCUT2D eigenvalue weighted by atomic mass is 35.5. The van der Waals surface area contributed by atoms with Gasteiger partial charge in [-0.05, 0) is 44.1 Å². The number of rotatable bonds is 3. The van der Waals surface area contributed by atoms with Gasteiger partial charge < -0.3 is 10.0 Å². The SMILES string of the molecule is Cn1cc2cc(-c3cc(Cl)c4cc(N5CCC(N6CCC6)C5)cnc4n3)c(O)cc2n1. The summed E-state index contributed by atoms with van der Waals surface area (Å²) in [7, 11) is 1.86. The van der Waals surface area contributed by atoms with E-state index in [1.54, 1.807) is 16.8 Å². The Bertz CT molecular complexity index is 1310. The van der Waals surface area contributed by atoms with Gasteiger partial charge in [0.1, 0.15) is 5.75 Å². The number of aromatic nitrogens is 4. The Morgan fingerprint density at radius 1 is 1.13 bits per heavy atom. The summed E-state index contributed by atoms with van der Waals surface area (Å²) >= 11 is 6.67. The summed E-state index contributed by atoms with van der Waals surface area (Å²) in [6.07, 6.45) is 6.31. The Kier molecular flexibility index (Phi) is 4.30. The standard InChI is InChI=1S/C23H23ClN6O/c1-28-12-14-7-18(22(31)10-20(14)27-28)21-9-19(24)17-8-16(11-25-23(17)26-21)30-6-3-15(13-30)29-4-2-5-29/h7-12,15,31H,2-6,13H2,1H3. The maximum atomic E-state index is 10.6. The van der Waals surface area contributed by atoms with Crippen molar-refractivity contribution in [3.8, 4) is 17.0 Å². The summed E-state index contributed by atoms with van der Waals surface area (Å²) in [6.45, 7) is 4.53. The van der Waals surface area contributed by atoms with Crippen LogP contribution in [0.2, 0.25) is 5.02 Å². The molecule has 6 rings (SSSR count).